The number of carbonyl (C=O) groups is 1. The number of nitrogens with one attached hydrogen (secondary N) is 1. The van der Waals surface area contributed by atoms with E-state index >= 15 is 0 Å². The molecule has 0 aliphatic carbocycles. The lowest BCUT2D eigenvalue weighted by Crippen LogP contribution is -2.49. The van der Waals surface area contributed by atoms with Crippen molar-refractivity contribution in [1.82, 2.24) is 9.80 Å². The highest BCUT2D eigenvalue weighted by molar-refractivity contribution is 5.56. The van der Waals surface area contributed by atoms with Gasteiger partial charge in [-0.3, -0.25) is 9.69 Å². The summed E-state index contributed by atoms with van der Waals surface area (Å²) in [5.41, 5.74) is 4.19. The van der Waals surface area contributed by atoms with Gasteiger partial charge in [-0.1, -0.05) is 12.1 Å². The Bertz CT molecular complexity index is 481. The summed E-state index contributed by atoms with van der Waals surface area (Å²) >= 11 is 0. The maximum Gasteiger partial charge on any atom is 0.209 e. The molecule has 1 unspecified atom stereocenters. The molecule has 20 heavy (non-hydrogen) atoms. The third kappa shape index (κ3) is 2.80. The van der Waals surface area contributed by atoms with Gasteiger partial charge < -0.3 is 10.2 Å². The van der Waals surface area contributed by atoms with E-state index < -0.39 is 0 Å². The number of nitrogens with zero attached hydrogens (tertiary/aromatic N) is 2. The van der Waals surface area contributed by atoms with E-state index in [1.54, 1.807) is 0 Å². The van der Waals surface area contributed by atoms with Crippen molar-refractivity contribution in [2.24, 2.45) is 0 Å². The summed E-state index contributed by atoms with van der Waals surface area (Å²) in [5, 5.41) is 3.41. The Kier molecular flexibility index (Phi) is 3.92. The van der Waals surface area contributed by atoms with E-state index in [9.17, 15) is 4.79 Å². The molecule has 0 aromatic heterocycles. The van der Waals surface area contributed by atoms with Crippen LogP contribution in [0.15, 0.2) is 18.2 Å². The van der Waals surface area contributed by atoms with Crippen LogP contribution in [0.25, 0.3) is 0 Å². The fourth-order valence-electron chi connectivity index (χ4n) is 3.24. The Morgan fingerprint density at radius 1 is 1.30 bits per heavy atom. The van der Waals surface area contributed by atoms with Crippen LogP contribution in [0.4, 0.5) is 5.69 Å². The lowest BCUT2D eigenvalue weighted by molar-refractivity contribution is -0.120. The molecule has 1 fully saturated rings. The van der Waals surface area contributed by atoms with E-state index in [0.717, 1.165) is 52.0 Å². The van der Waals surface area contributed by atoms with Gasteiger partial charge in [0.25, 0.3) is 0 Å². The number of hydrogen-bond acceptors (Lipinski definition) is 3. The molecule has 1 aromatic carbocycles. The first-order valence-electron chi connectivity index (χ1n) is 7.55. The van der Waals surface area contributed by atoms with E-state index in [1.807, 2.05) is 4.90 Å². The zero-order valence-electron chi connectivity index (χ0n) is 12.1. The molecule has 0 spiro atoms. The van der Waals surface area contributed by atoms with Crippen molar-refractivity contribution in [2.45, 2.75) is 25.8 Å². The standard InChI is InChI=1S/C16H23N3O/c1-13(19-8-6-18(12-20)7-9-19)10-14-2-3-16-15(11-14)4-5-17-16/h2-3,11-13,17H,4-10H2,1H3. The molecule has 1 N–H and O–H groups in total. The van der Waals surface area contributed by atoms with Gasteiger partial charge in [0.1, 0.15) is 0 Å². The molecule has 3 rings (SSSR count). The molecule has 108 valence electrons. The van der Waals surface area contributed by atoms with Crippen molar-refractivity contribution < 1.29 is 4.79 Å². The SMILES string of the molecule is CC(Cc1ccc2c(c1)CCN2)N1CCN(C=O)CC1. The van der Waals surface area contributed by atoms with E-state index in [1.165, 1.54) is 16.8 Å². The molecule has 0 saturated carbocycles. The zero-order chi connectivity index (χ0) is 13.9. The molecule has 4 heteroatoms. The number of benzene rings is 1. The second kappa shape index (κ2) is 5.83. The molecule has 1 saturated heterocycles. The lowest BCUT2D eigenvalue weighted by Gasteiger charge is -2.36. The Labute approximate surface area is 120 Å². The minimum absolute atomic E-state index is 0.538. The lowest BCUT2D eigenvalue weighted by atomic mass is 10.0. The van der Waals surface area contributed by atoms with E-state index in [-0.39, 0.29) is 0 Å². The van der Waals surface area contributed by atoms with E-state index in [4.69, 9.17) is 0 Å². The van der Waals surface area contributed by atoms with Crippen LogP contribution in [0, 0.1) is 0 Å². The van der Waals surface area contributed by atoms with Gasteiger partial charge in [0.2, 0.25) is 6.41 Å². The summed E-state index contributed by atoms with van der Waals surface area (Å²) in [7, 11) is 0. The van der Waals surface area contributed by atoms with Gasteiger partial charge in [-0.15, -0.1) is 0 Å². The first kappa shape index (κ1) is 13.4. The van der Waals surface area contributed by atoms with Gasteiger partial charge in [-0.25, -0.2) is 0 Å². The fraction of sp³-hybridized carbons (Fsp3) is 0.562. The number of rotatable bonds is 4. The summed E-state index contributed by atoms with van der Waals surface area (Å²) < 4.78 is 0. The van der Waals surface area contributed by atoms with Crippen molar-refractivity contribution >= 4 is 12.1 Å². The van der Waals surface area contributed by atoms with Crippen LogP contribution in [0.1, 0.15) is 18.1 Å². The van der Waals surface area contributed by atoms with Crippen LogP contribution in [-0.4, -0.2) is 55.0 Å². The number of anilines is 1. The van der Waals surface area contributed by atoms with Crippen molar-refractivity contribution in [2.75, 3.05) is 38.0 Å². The second-order valence-electron chi connectivity index (χ2n) is 5.90. The quantitative estimate of drug-likeness (QED) is 0.841. The Morgan fingerprint density at radius 3 is 2.85 bits per heavy atom. The molecule has 1 amide bonds. The molecule has 0 radical (unpaired) electrons. The second-order valence-corrected chi connectivity index (χ2v) is 5.90. The summed E-state index contributed by atoms with van der Waals surface area (Å²) in [4.78, 5) is 15.1. The average Bonchev–Trinajstić information content (AvgIpc) is 2.95. The topological polar surface area (TPSA) is 35.6 Å². The van der Waals surface area contributed by atoms with E-state index in [0.29, 0.717) is 6.04 Å². The molecular weight excluding hydrogens is 250 g/mol. The third-order valence-electron chi connectivity index (χ3n) is 4.53. The highest BCUT2D eigenvalue weighted by atomic mass is 16.1. The monoisotopic (exact) mass is 273 g/mol. The molecule has 2 heterocycles. The molecule has 4 nitrogen and oxygen atoms in total. The minimum atomic E-state index is 0.538. The maximum atomic E-state index is 10.7. The maximum absolute atomic E-state index is 10.7. The highest BCUT2D eigenvalue weighted by Crippen LogP contribution is 2.24. The van der Waals surface area contributed by atoms with Gasteiger partial charge in [0.05, 0.1) is 0 Å². The first-order chi connectivity index (χ1) is 9.76. The molecule has 2 aliphatic rings. The van der Waals surface area contributed by atoms with Gasteiger partial charge in [0, 0.05) is 44.5 Å². The number of fused-ring (bicyclic) bond motifs is 1. The van der Waals surface area contributed by atoms with Crippen LogP contribution < -0.4 is 5.32 Å². The Balaban J connectivity index is 1.59. The molecular formula is C16H23N3O. The molecule has 2 aliphatic heterocycles. The van der Waals surface area contributed by atoms with Gasteiger partial charge in [-0.2, -0.15) is 0 Å². The van der Waals surface area contributed by atoms with Crippen LogP contribution >= 0.6 is 0 Å². The summed E-state index contributed by atoms with van der Waals surface area (Å²) in [6, 6.07) is 7.36. The minimum Gasteiger partial charge on any atom is -0.384 e. The Hall–Kier alpha value is -1.55. The normalized spacial score (nSPS) is 20.4. The summed E-state index contributed by atoms with van der Waals surface area (Å²) in [5.74, 6) is 0. The highest BCUT2D eigenvalue weighted by Gasteiger charge is 2.20. The number of hydrogen-bond donors (Lipinski definition) is 1. The predicted molar refractivity (Wildman–Crippen MR) is 81.0 cm³/mol. The molecule has 0 bridgehead atoms. The van der Waals surface area contributed by atoms with Gasteiger partial charge in [-0.05, 0) is 37.0 Å². The van der Waals surface area contributed by atoms with E-state index in [2.05, 4.69) is 35.3 Å². The fourth-order valence-corrected chi connectivity index (χ4v) is 3.24. The van der Waals surface area contributed by atoms with Crippen molar-refractivity contribution in [1.29, 1.82) is 0 Å². The summed E-state index contributed by atoms with van der Waals surface area (Å²) in [6.07, 6.45) is 3.21. The van der Waals surface area contributed by atoms with Crippen LogP contribution in [0.3, 0.4) is 0 Å². The number of carbonyl (C=O) groups excluding carboxylic acids is 1. The van der Waals surface area contributed by atoms with Crippen molar-refractivity contribution in [3.05, 3.63) is 29.3 Å². The Morgan fingerprint density at radius 2 is 2.10 bits per heavy atom. The van der Waals surface area contributed by atoms with Crippen LogP contribution in [0.5, 0.6) is 0 Å². The average molecular weight is 273 g/mol. The van der Waals surface area contributed by atoms with Crippen LogP contribution in [0.2, 0.25) is 0 Å². The first-order valence-corrected chi connectivity index (χ1v) is 7.55. The summed E-state index contributed by atoms with van der Waals surface area (Å²) in [6.45, 7) is 7.08. The third-order valence-corrected chi connectivity index (χ3v) is 4.53. The van der Waals surface area contributed by atoms with Crippen molar-refractivity contribution in [3.8, 4) is 0 Å². The van der Waals surface area contributed by atoms with Crippen LogP contribution in [-0.2, 0) is 17.6 Å². The van der Waals surface area contributed by atoms with Crippen molar-refractivity contribution in [3.63, 3.8) is 0 Å². The number of amides is 1. The smallest absolute Gasteiger partial charge is 0.209 e. The van der Waals surface area contributed by atoms with Gasteiger partial charge in [0.15, 0.2) is 0 Å². The van der Waals surface area contributed by atoms with Gasteiger partial charge >= 0.3 is 0 Å². The number of piperazine rings is 1. The molecule has 1 atom stereocenters. The predicted octanol–water partition coefficient (Wildman–Crippen LogP) is 1.36. The zero-order valence-corrected chi connectivity index (χ0v) is 12.1. The molecule has 1 aromatic rings. The largest absolute Gasteiger partial charge is 0.384 e.